The summed E-state index contributed by atoms with van der Waals surface area (Å²) in [5.74, 6) is 1.21. The summed E-state index contributed by atoms with van der Waals surface area (Å²) in [5.41, 5.74) is 8.43. The van der Waals surface area contributed by atoms with Crippen molar-refractivity contribution in [3.05, 3.63) is 23.5 Å². The zero-order valence-corrected chi connectivity index (χ0v) is 10.5. The second-order valence-electron chi connectivity index (χ2n) is 4.84. The molecule has 2 nitrogen and oxygen atoms in total. The molecule has 1 aromatic heterocycles. The molecule has 0 aliphatic heterocycles. The van der Waals surface area contributed by atoms with Gasteiger partial charge in [-0.3, -0.25) is 0 Å². The molecule has 0 aliphatic rings. The van der Waals surface area contributed by atoms with Crippen LogP contribution in [0.15, 0.2) is 12.3 Å². The van der Waals surface area contributed by atoms with Gasteiger partial charge in [0.05, 0.1) is 0 Å². The van der Waals surface area contributed by atoms with Gasteiger partial charge in [0.2, 0.25) is 0 Å². The molecule has 0 bridgehead atoms. The predicted molar refractivity (Wildman–Crippen MR) is 66.3 cm³/mol. The van der Waals surface area contributed by atoms with Crippen LogP contribution in [0.25, 0.3) is 0 Å². The van der Waals surface area contributed by atoms with Crippen molar-refractivity contribution in [3.8, 4) is 0 Å². The van der Waals surface area contributed by atoms with Crippen LogP contribution in [0.2, 0.25) is 0 Å². The van der Waals surface area contributed by atoms with Gasteiger partial charge in [-0.1, -0.05) is 27.7 Å². The third-order valence-corrected chi connectivity index (χ3v) is 2.81. The van der Waals surface area contributed by atoms with E-state index in [2.05, 4.69) is 44.5 Å². The third kappa shape index (κ3) is 3.10. The van der Waals surface area contributed by atoms with Gasteiger partial charge >= 0.3 is 0 Å². The molecule has 0 unspecified atom stereocenters. The minimum Gasteiger partial charge on any atom is -0.351 e. The van der Waals surface area contributed by atoms with E-state index in [0.29, 0.717) is 11.8 Å². The van der Waals surface area contributed by atoms with E-state index in [0.717, 1.165) is 19.5 Å². The van der Waals surface area contributed by atoms with Crippen LogP contribution >= 0.6 is 0 Å². The Morgan fingerprint density at radius 2 is 1.87 bits per heavy atom. The van der Waals surface area contributed by atoms with Crippen molar-refractivity contribution in [2.75, 3.05) is 6.54 Å². The number of nitrogens with zero attached hydrogens (tertiary/aromatic N) is 1. The van der Waals surface area contributed by atoms with Crippen molar-refractivity contribution in [1.82, 2.24) is 4.57 Å². The maximum atomic E-state index is 5.56. The smallest absolute Gasteiger partial charge is 0.0234 e. The lowest BCUT2D eigenvalue weighted by molar-refractivity contribution is 0.605. The summed E-state index contributed by atoms with van der Waals surface area (Å²) in [6.45, 7) is 10.8. The van der Waals surface area contributed by atoms with E-state index in [4.69, 9.17) is 5.73 Å². The van der Waals surface area contributed by atoms with E-state index in [1.165, 1.54) is 11.3 Å². The molecular formula is C13H24N2. The highest BCUT2D eigenvalue weighted by Gasteiger charge is 2.10. The molecule has 1 aromatic rings. The van der Waals surface area contributed by atoms with Crippen LogP contribution in [0.1, 0.15) is 57.2 Å². The second kappa shape index (κ2) is 5.36. The Bertz CT molecular complexity index is 297. The summed E-state index contributed by atoms with van der Waals surface area (Å²) in [6, 6.07) is 2.34. The van der Waals surface area contributed by atoms with Gasteiger partial charge in [-0.15, -0.1) is 0 Å². The zero-order chi connectivity index (χ0) is 11.4. The Kier molecular flexibility index (Phi) is 4.40. The SMILES string of the molecule is CC(C)c1cc(C(C)C)n(CCCN)c1. The van der Waals surface area contributed by atoms with Gasteiger partial charge in [0.15, 0.2) is 0 Å². The summed E-state index contributed by atoms with van der Waals surface area (Å²) in [4.78, 5) is 0. The first-order valence-corrected chi connectivity index (χ1v) is 5.96. The molecule has 0 radical (unpaired) electrons. The topological polar surface area (TPSA) is 30.9 Å². The molecule has 2 N–H and O–H groups in total. The molecule has 2 heteroatoms. The largest absolute Gasteiger partial charge is 0.351 e. The molecule has 0 atom stereocenters. The third-order valence-electron chi connectivity index (χ3n) is 2.81. The number of hydrogen-bond acceptors (Lipinski definition) is 1. The Morgan fingerprint density at radius 1 is 1.20 bits per heavy atom. The quantitative estimate of drug-likeness (QED) is 0.792. The Hall–Kier alpha value is -0.760. The van der Waals surface area contributed by atoms with Crippen LogP contribution in [-0.4, -0.2) is 11.1 Å². The maximum absolute atomic E-state index is 5.56. The van der Waals surface area contributed by atoms with E-state index in [1.54, 1.807) is 0 Å². The van der Waals surface area contributed by atoms with E-state index in [-0.39, 0.29) is 0 Å². The number of hydrogen-bond donors (Lipinski definition) is 1. The van der Waals surface area contributed by atoms with Gasteiger partial charge in [-0.05, 0) is 36.4 Å². The molecule has 0 aliphatic carbocycles. The highest BCUT2D eigenvalue weighted by Crippen LogP contribution is 2.23. The molecular weight excluding hydrogens is 184 g/mol. The van der Waals surface area contributed by atoms with Crippen LogP contribution in [0, 0.1) is 0 Å². The standard InChI is InChI=1S/C13H24N2/c1-10(2)12-8-13(11(3)4)15(9-12)7-5-6-14/h8-11H,5-7,14H2,1-4H3. The molecule has 0 aromatic carbocycles. The summed E-state index contributed by atoms with van der Waals surface area (Å²) < 4.78 is 2.37. The average molecular weight is 208 g/mol. The van der Waals surface area contributed by atoms with Gasteiger partial charge in [0, 0.05) is 18.4 Å². The number of aryl methyl sites for hydroxylation is 1. The van der Waals surface area contributed by atoms with Crippen LogP contribution in [0.3, 0.4) is 0 Å². The molecule has 86 valence electrons. The minimum atomic E-state index is 0.593. The van der Waals surface area contributed by atoms with Gasteiger partial charge in [0.1, 0.15) is 0 Å². The first kappa shape index (κ1) is 12.3. The first-order chi connectivity index (χ1) is 7.06. The van der Waals surface area contributed by atoms with Crippen molar-refractivity contribution in [2.24, 2.45) is 5.73 Å². The summed E-state index contributed by atoms with van der Waals surface area (Å²) in [7, 11) is 0. The van der Waals surface area contributed by atoms with Crippen molar-refractivity contribution in [1.29, 1.82) is 0 Å². The lowest BCUT2D eigenvalue weighted by Gasteiger charge is -2.10. The molecule has 0 saturated heterocycles. The normalized spacial score (nSPS) is 11.7. The number of nitrogens with two attached hydrogens (primary N) is 1. The monoisotopic (exact) mass is 208 g/mol. The van der Waals surface area contributed by atoms with Crippen LogP contribution in [0.4, 0.5) is 0 Å². The fourth-order valence-corrected chi connectivity index (χ4v) is 1.81. The lowest BCUT2D eigenvalue weighted by atomic mass is 10.1. The van der Waals surface area contributed by atoms with Gasteiger partial charge in [-0.25, -0.2) is 0 Å². The summed E-state index contributed by atoms with van der Waals surface area (Å²) in [6.07, 6.45) is 3.35. The lowest BCUT2D eigenvalue weighted by Crippen LogP contribution is -2.08. The predicted octanol–water partition coefficient (Wildman–Crippen LogP) is 3.08. The highest BCUT2D eigenvalue weighted by atomic mass is 15.0. The fourth-order valence-electron chi connectivity index (χ4n) is 1.81. The zero-order valence-electron chi connectivity index (χ0n) is 10.5. The maximum Gasteiger partial charge on any atom is 0.0234 e. The summed E-state index contributed by atoms with van der Waals surface area (Å²) in [5, 5.41) is 0. The molecule has 0 amide bonds. The number of aromatic nitrogens is 1. The molecule has 0 saturated carbocycles. The average Bonchev–Trinajstić information content (AvgIpc) is 2.58. The molecule has 15 heavy (non-hydrogen) atoms. The van der Waals surface area contributed by atoms with Crippen LogP contribution in [-0.2, 0) is 6.54 Å². The van der Waals surface area contributed by atoms with E-state index in [9.17, 15) is 0 Å². The van der Waals surface area contributed by atoms with E-state index >= 15 is 0 Å². The molecule has 1 heterocycles. The van der Waals surface area contributed by atoms with E-state index < -0.39 is 0 Å². The Morgan fingerprint density at radius 3 is 2.33 bits per heavy atom. The Balaban J connectivity index is 2.90. The fraction of sp³-hybridized carbons (Fsp3) is 0.692. The highest BCUT2D eigenvalue weighted by molar-refractivity contribution is 5.23. The van der Waals surface area contributed by atoms with Gasteiger partial charge < -0.3 is 10.3 Å². The molecule has 0 spiro atoms. The van der Waals surface area contributed by atoms with Crippen LogP contribution < -0.4 is 5.73 Å². The minimum absolute atomic E-state index is 0.593. The van der Waals surface area contributed by atoms with E-state index in [1.807, 2.05) is 0 Å². The molecule has 0 fully saturated rings. The summed E-state index contributed by atoms with van der Waals surface area (Å²) >= 11 is 0. The first-order valence-electron chi connectivity index (χ1n) is 5.96. The van der Waals surface area contributed by atoms with Crippen LogP contribution in [0.5, 0.6) is 0 Å². The van der Waals surface area contributed by atoms with Crippen molar-refractivity contribution in [3.63, 3.8) is 0 Å². The molecule has 1 rings (SSSR count). The van der Waals surface area contributed by atoms with Crippen molar-refractivity contribution in [2.45, 2.75) is 52.5 Å². The second-order valence-corrected chi connectivity index (χ2v) is 4.84. The number of rotatable bonds is 5. The Labute approximate surface area is 93.5 Å². The van der Waals surface area contributed by atoms with Crippen molar-refractivity contribution < 1.29 is 0 Å². The van der Waals surface area contributed by atoms with Gasteiger partial charge in [-0.2, -0.15) is 0 Å². The van der Waals surface area contributed by atoms with Gasteiger partial charge in [0.25, 0.3) is 0 Å². The van der Waals surface area contributed by atoms with Crippen molar-refractivity contribution >= 4 is 0 Å².